The third-order valence-corrected chi connectivity index (χ3v) is 4.51. The van der Waals surface area contributed by atoms with Crippen molar-refractivity contribution in [1.29, 1.82) is 0 Å². The summed E-state index contributed by atoms with van der Waals surface area (Å²) in [6.07, 6.45) is 0.656. The van der Waals surface area contributed by atoms with Crippen LogP contribution in [0.5, 0.6) is 0 Å². The van der Waals surface area contributed by atoms with Crippen LogP contribution >= 0.6 is 11.8 Å². The van der Waals surface area contributed by atoms with Gasteiger partial charge in [-0.15, -0.1) is 10.2 Å². The normalized spacial score (nSPS) is 11.5. The van der Waals surface area contributed by atoms with Crippen LogP contribution in [0, 0.1) is 0 Å². The Balaban J connectivity index is 2.09. The summed E-state index contributed by atoms with van der Waals surface area (Å²) in [6.45, 7) is 6.19. The average Bonchev–Trinajstić information content (AvgIpc) is 3.00. The first-order valence-electron chi connectivity index (χ1n) is 8.22. The number of ether oxygens (including phenoxy) is 1. The molecule has 7 nitrogen and oxygen atoms in total. The number of benzene rings is 1. The standard InChI is InChI=1S/C17H20N4O3S/c1-4-9-20-15(23)12-7-5-6-8-13(12)21-16(20)18-19-17(21)25-10-14(22)24-11(2)3/h5-8,11H,4,9-10H2,1-3H3. The molecular formula is C17H20N4O3S. The molecule has 0 fully saturated rings. The number of para-hydroxylation sites is 1. The topological polar surface area (TPSA) is 78.5 Å². The number of rotatable bonds is 6. The summed E-state index contributed by atoms with van der Waals surface area (Å²) in [6, 6.07) is 7.36. The number of esters is 1. The number of nitrogens with zero attached hydrogens (tertiary/aromatic N) is 4. The van der Waals surface area contributed by atoms with E-state index in [1.54, 1.807) is 10.6 Å². The first kappa shape index (κ1) is 17.5. The molecule has 0 bridgehead atoms. The van der Waals surface area contributed by atoms with E-state index in [2.05, 4.69) is 10.2 Å². The van der Waals surface area contributed by atoms with Crippen molar-refractivity contribution in [3.05, 3.63) is 34.6 Å². The largest absolute Gasteiger partial charge is 0.462 e. The predicted molar refractivity (Wildman–Crippen MR) is 97.0 cm³/mol. The lowest BCUT2D eigenvalue weighted by Gasteiger charge is -2.10. The maximum absolute atomic E-state index is 12.7. The Morgan fingerprint density at radius 3 is 2.76 bits per heavy atom. The fourth-order valence-electron chi connectivity index (χ4n) is 2.67. The van der Waals surface area contributed by atoms with Gasteiger partial charge >= 0.3 is 5.97 Å². The van der Waals surface area contributed by atoms with Gasteiger partial charge in [0, 0.05) is 6.54 Å². The highest BCUT2D eigenvalue weighted by atomic mass is 32.2. The minimum Gasteiger partial charge on any atom is -0.462 e. The van der Waals surface area contributed by atoms with Gasteiger partial charge < -0.3 is 4.74 Å². The molecule has 3 aromatic rings. The van der Waals surface area contributed by atoms with Crippen LogP contribution in [0.25, 0.3) is 16.7 Å². The van der Waals surface area contributed by atoms with Gasteiger partial charge in [0.1, 0.15) is 0 Å². The number of hydrogen-bond acceptors (Lipinski definition) is 6. The van der Waals surface area contributed by atoms with E-state index in [-0.39, 0.29) is 23.4 Å². The number of thioether (sulfide) groups is 1. The maximum Gasteiger partial charge on any atom is 0.316 e. The molecule has 0 saturated heterocycles. The monoisotopic (exact) mass is 360 g/mol. The lowest BCUT2D eigenvalue weighted by molar-refractivity contribution is -0.144. The van der Waals surface area contributed by atoms with Crippen LogP contribution < -0.4 is 5.56 Å². The molecule has 132 valence electrons. The minimum absolute atomic E-state index is 0.0758. The molecule has 0 radical (unpaired) electrons. The van der Waals surface area contributed by atoms with Crippen molar-refractivity contribution in [2.45, 2.75) is 45.0 Å². The van der Waals surface area contributed by atoms with E-state index < -0.39 is 0 Å². The smallest absolute Gasteiger partial charge is 0.316 e. The number of carbonyl (C=O) groups is 1. The summed E-state index contributed by atoms with van der Waals surface area (Å²) in [7, 11) is 0. The van der Waals surface area contributed by atoms with Gasteiger partial charge in [0.05, 0.1) is 22.8 Å². The van der Waals surface area contributed by atoms with E-state index in [0.29, 0.717) is 22.9 Å². The Labute approximate surface area is 149 Å². The van der Waals surface area contributed by atoms with Crippen LogP contribution in [0.3, 0.4) is 0 Å². The van der Waals surface area contributed by atoms with Gasteiger partial charge in [0.2, 0.25) is 5.78 Å². The molecule has 0 amide bonds. The van der Waals surface area contributed by atoms with Crippen molar-refractivity contribution in [2.24, 2.45) is 0 Å². The number of fused-ring (bicyclic) bond motifs is 3. The molecule has 0 unspecified atom stereocenters. The summed E-state index contributed by atoms with van der Waals surface area (Å²) in [5.41, 5.74) is 0.660. The molecule has 8 heteroatoms. The molecule has 0 atom stereocenters. The fraction of sp³-hybridized carbons (Fsp3) is 0.412. The van der Waals surface area contributed by atoms with Gasteiger partial charge in [-0.2, -0.15) is 0 Å². The number of hydrogen-bond donors (Lipinski definition) is 0. The van der Waals surface area contributed by atoms with E-state index in [4.69, 9.17) is 4.74 Å². The quantitative estimate of drug-likeness (QED) is 0.496. The van der Waals surface area contributed by atoms with Gasteiger partial charge in [0.25, 0.3) is 5.56 Å². The SMILES string of the molecule is CCCn1c(=O)c2ccccc2n2c(SCC(=O)OC(C)C)nnc12. The molecule has 25 heavy (non-hydrogen) atoms. The lowest BCUT2D eigenvalue weighted by atomic mass is 10.2. The van der Waals surface area contributed by atoms with Crippen LogP contribution in [-0.4, -0.2) is 37.0 Å². The zero-order valence-corrected chi connectivity index (χ0v) is 15.2. The van der Waals surface area contributed by atoms with E-state index in [0.717, 1.165) is 11.9 Å². The molecule has 0 aliphatic rings. The average molecular weight is 360 g/mol. The van der Waals surface area contributed by atoms with Crippen molar-refractivity contribution >= 4 is 34.4 Å². The fourth-order valence-corrected chi connectivity index (χ4v) is 3.40. The van der Waals surface area contributed by atoms with E-state index in [1.165, 1.54) is 11.8 Å². The Morgan fingerprint density at radius 2 is 2.04 bits per heavy atom. The second-order valence-electron chi connectivity index (χ2n) is 5.92. The third-order valence-electron chi connectivity index (χ3n) is 3.61. The van der Waals surface area contributed by atoms with Crippen LogP contribution in [0.15, 0.2) is 34.2 Å². The second-order valence-corrected chi connectivity index (χ2v) is 6.86. The van der Waals surface area contributed by atoms with E-state index in [9.17, 15) is 9.59 Å². The van der Waals surface area contributed by atoms with Crippen molar-refractivity contribution in [3.8, 4) is 0 Å². The number of aromatic nitrogens is 4. The van der Waals surface area contributed by atoms with Crippen LogP contribution in [0.2, 0.25) is 0 Å². The highest BCUT2D eigenvalue weighted by Crippen LogP contribution is 2.21. The molecule has 2 aromatic heterocycles. The third kappa shape index (κ3) is 3.39. The molecular weight excluding hydrogens is 340 g/mol. The molecule has 0 aliphatic heterocycles. The minimum atomic E-state index is -0.303. The Kier molecular flexibility index (Phi) is 5.08. The zero-order valence-electron chi connectivity index (χ0n) is 14.4. The van der Waals surface area contributed by atoms with Crippen molar-refractivity contribution < 1.29 is 9.53 Å². The van der Waals surface area contributed by atoms with Gasteiger partial charge in [-0.05, 0) is 32.4 Å². The molecule has 1 aromatic carbocycles. The molecule has 0 spiro atoms. The summed E-state index contributed by atoms with van der Waals surface area (Å²) >= 11 is 1.25. The Morgan fingerprint density at radius 1 is 1.28 bits per heavy atom. The highest BCUT2D eigenvalue weighted by molar-refractivity contribution is 7.99. The highest BCUT2D eigenvalue weighted by Gasteiger charge is 2.17. The van der Waals surface area contributed by atoms with Crippen LogP contribution in [-0.2, 0) is 16.1 Å². The maximum atomic E-state index is 12.7. The first-order chi connectivity index (χ1) is 12.0. The number of aryl methyl sites for hydroxylation is 1. The van der Waals surface area contributed by atoms with Gasteiger partial charge in [-0.3, -0.25) is 18.6 Å². The van der Waals surface area contributed by atoms with Gasteiger partial charge in [0.15, 0.2) is 5.16 Å². The Hall–Kier alpha value is -2.35. The molecule has 2 heterocycles. The molecule has 0 aliphatic carbocycles. The lowest BCUT2D eigenvalue weighted by Crippen LogP contribution is -2.23. The predicted octanol–water partition coefficient (Wildman–Crippen LogP) is 2.50. The van der Waals surface area contributed by atoms with Gasteiger partial charge in [-0.1, -0.05) is 30.8 Å². The second kappa shape index (κ2) is 7.26. The molecule has 0 saturated carbocycles. The summed E-state index contributed by atoms with van der Waals surface area (Å²) in [4.78, 5) is 24.5. The number of carbonyl (C=O) groups excluding carboxylic acids is 1. The van der Waals surface area contributed by atoms with Crippen molar-refractivity contribution in [1.82, 2.24) is 19.2 Å². The summed E-state index contributed by atoms with van der Waals surface area (Å²) in [5.74, 6) is 0.327. The van der Waals surface area contributed by atoms with Crippen molar-refractivity contribution in [3.63, 3.8) is 0 Å². The first-order valence-corrected chi connectivity index (χ1v) is 9.20. The zero-order chi connectivity index (χ0) is 18.0. The van der Waals surface area contributed by atoms with Crippen LogP contribution in [0.1, 0.15) is 27.2 Å². The summed E-state index contributed by atoms with van der Waals surface area (Å²) in [5, 5.41) is 9.55. The summed E-state index contributed by atoms with van der Waals surface area (Å²) < 4.78 is 8.62. The van der Waals surface area contributed by atoms with E-state index >= 15 is 0 Å². The van der Waals surface area contributed by atoms with E-state index in [1.807, 2.05) is 43.4 Å². The van der Waals surface area contributed by atoms with Gasteiger partial charge in [-0.25, -0.2) is 0 Å². The van der Waals surface area contributed by atoms with Crippen LogP contribution in [0.4, 0.5) is 0 Å². The molecule has 3 rings (SSSR count). The Bertz CT molecular complexity index is 977. The molecule has 0 N–H and O–H groups in total. The van der Waals surface area contributed by atoms with Crippen molar-refractivity contribution in [2.75, 3.05) is 5.75 Å².